The molecule has 0 aliphatic heterocycles. The van der Waals surface area contributed by atoms with Gasteiger partial charge in [0.1, 0.15) is 16.7 Å². The smallest absolute Gasteiger partial charge is 0.270 e. The Balaban J connectivity index is 2.17. The Hall–Kier alpha value is -1.16. The Morgan fingerprint density at radius 1 is 1.57 bits per heavy atom. The van der Waals surface area contributed by atoms with Crippen LogP contribution < -0.4 is 5.32 Å². The van der Waals surface area contributed by atoms with E-state index in [0.717, 1.165) is 12.8 Å². The van der Waals surface area contributed by atoms with Crippen LogP contribution in [0.5, 0.6) is 0 Å². The van der Waals surface area contributed by atoms with Crippen molar-refractivity contribution in [2.75, 3.05) is 0 Å². The highest BCUT2D eigenvalue weighted by Gasteiger charge is 2.24. The lowest BCUT2D eigenvalue weighted by atomic mass is 10.3. The third-order valence-corrected chi connectivity index (χ3v) is 2.15. The van der Waals surface area contributed by atoms with Crippen molar-refractivity contribution >= 4 is 17.5 Å². The van der Waals surface area contributed by atoms with Gasteiger partial charge in [0.2, 0.25) is 0 Å². The van der Waals surface area contributed by atoms with Gasteiger partial charge in [0.25, 0.3) is 5.91 Å². The summed E-state index contributed by atoms with van der Waals surface area (Å²) in [4.78, 5) is 19.4. The van der Waals surface area contributed by atoms with Gasteiger partial charge < -0.3 is 5.32 Å². The lowest BCUT2D eigenvalue weighted by Crippen LogP contribution is -2.26. The van der Waals surface area contributed by atoms with Gasteiger partial charge in [0, 0.05) is 12.1 Å². The molecule has 1 aliphatic carbocycles. The molecule has 0 atom stereocenters. The second-order valence-electron chi connectivity index (χ2n) is 3.37. The molecule has 1 amide bonds. The molecule has 4 nitrogen and oxygen atoms in total. The van der Waals surface area contributed by atoms with Crippen molar-refractivity contribution in [1.82, 2.24) is 15.3 Å². The minimum absolute atomic E-state index is 0.167. The molecular weight excluding hydrogens is 202 g/mol. The molecule has 1 N–H and O–H groups in total. The number of amides is 1. The van der Waals surface area contributed by atoms with E-state index in [1.54, 1.807) is 6.92 Å². The Labute approximate surface area is 86.7 Å². The van der Waals surface area contributed by atoms with Crippen LogP contribution >= 0.6 is 11.6 Å². The second kappa shape index (κ2) is 3.53. The maximum absolute atomic E-state index is 11.5. The van der Waals surface area contributed by atoms with Crippen LogP contribution in [-0.2, 0) is 0 Å². The molecule has 14 heavy (non-hydrogen) atoms. The number of hydrogen-bond acceptors (Lipinski definition) is 3. The van der Waals surface area contributed by atoms with E-state index < -0.39 is 0 Å². The number of nitrogens with zero attached hydrogens (tertiary/aromatic N) is 2. The van der Waals surface area contributed by atoms with Gasteiger partial charge in [-0.2, -0.15) is 0 Å². The Bertz CT molecular complexity index is 356. The third-order valence-electron chi connectivity index (χ3n) is 1.95. The predicted molar refractivity (Wildman–Crippen MR) is 52.3 cm³/mol. The van der Waals surface area contributed by atoms with E-state index >= 15 is 0 Å². The molecule has 1 fully saturated rings. The largest absolute Gasteiger partial charge is 0.348 e. The van der Waals surface area contributed by atoms with Crippen LogP contribution in [0, 0.1) is 6.92 Å². The average Bonchev–Trinajstić information content (AvgIpc) is 2.86. The molecule has 0 unspecified atom stereocenters. The first-order valence-corrected chi connectivity index (χ1v) is 4.85. The molecule has 5 heteroatoms. The molecule has 0 radical (unpaired) electrons. The van der Waals surface area contributed by atoms with Crippen LogP contribution in [0.1, 0.15) is 29.2 Å². The molecule has 74 valence electrons. The summed E-state index contributed by atoms with van der Waals surface area (Å²) in [7, 11) is 0. The standard InChI is InChI=1S/C9H10ClN3O/c1-5-11-7(4-8(10)12-5)9(14)13-6-2-3-6/h4,6H,2-3H2,1H3,(H,13,14). The Kier molecular flexibility index (Phi) is 2.37. The molecule has 1 heterocycles. The summed E-state index contributed by atoms with van der Waals surface area (Å²) in [6, 6.07) is 1.81. The van der Waals surface area contributed by atoms with Crippen LogP contribution in [-0.4, -0.2) is 21.9 Å². The number of halogens is 1. The first kappa shape index (κ1) is 9.40. The molecule has 1 aromatic heterocycles. The number of nitrogens with one attached hydrogen (secondary N) is 1. The fourth-order valence-corrected chi connectivity index (χ4v) is 1.36. The summed E-state index contributed by atoms with van der Waals surface area (Å²) >= 11 is 5.72. The molecule has 0 aromatic carbocycles. The number of aryl methyl sites for hydroxylation is 1. The second-order valence-corrected chi connectivity index (χ2v) is 3.76. The number of carbonyl (C=O) groups is 1. The Morgan fingerprint density at radius 2 is 2.29 bits per heavy atom. The van der Waals surface area contributed by atoms with Gasteiger partial charge in [-0.3, -0.25) is 4.79 Å². The predicted octanol–water partition coefficient (Wildman–Crippen LogP) is 1.33. The monoisotopic (exact) mass is 211 g/mol. The highest BCUT2D eigenvalue weighted by Crippen LogP contribution is 2.19. The minimum atomic E-state index is -0.167. The van der Waals surface area contributed by atoms with Crippen LogP contribution in [0.4, 0.5) is 0 Å². The molecule has 0 spiro atoms. The van der Waals surface area contributed by atoms with Gasteiger partial charge in [0.15, 0.2) is 0 Å². The van der Waals surface area contributed by atoms with E-state index in [9.17, 15) is 4.79 Å². The van der Waals surface area contributed by atoms with Crippen LogP contribution in [0.25, 0.3) is 0 Å². The van der Waals surface area contributed by atoms with Crippen molar-refractivity contribution in [3.63, 3.8) is 0 Å². The molecular formula is C9H10ClN3O. The normalized spacial score (nSPS) is 15.3. The molecule has 0 saturated heterocycles. The highest BCUT2D eigenvalue weighted by atomic mass is 35.5. The van der Waals surface area contributed by atoms with Crippen molar-refractivity contribution in [3.8, 4) is 0 Å². The SMILES string of the molecule is Cc1nc(Cl)cc(C(=O)NC2CC2)n1. The van der Waals surface area contributed by atoms with Gasteiger partial charge >= 0.3 is 0 Å². The molecule has 1 aliphatic rings. The van der Waals surface area contributed by atoms with Gasteiger partial charge in [-0.05, 0) is 19.8 Å². The summed E-state index contributed by atoms with van der Waals surface area (Å²) in [6.07, 6.45) is 2.12. The fraction of sp³-hybridized carbons (Fsp3) is 0.444. The summed E-state index contributed by atoms with van der Waals surface area (Å²) in [5.41, 5.74) is 0.342. The molecule has 1 saturated carbocycles. The van der Waals surface area contributed by atoms with E-state index in [1.165, 1.54) is 6.07 Å². The lowest BCUT2D eigenvalue weighted by molar-refractivity contribution is 0.0945. The highest BCUT2D eigenvalue weighted by molar-refractivity contribution is 6.29. The van der Waals surface area contributed by atoms with Crippen molar-refractivity contribution < 1.29 is 4.79 Å². The topological polar surface area (TPSA) is 54.9 Å². The van der Waals surface area contributed by atoms with Gasteiger partial charge in [-0.25, -0.2) is 9.97 Å². The first-order valence-electron chi connectivity index (χ1n) is 4.47. The lowest BCUT2D eigenvalue weighted by Gasteiger charge is -2.03. The van der Waals surface area contributed by atoms with Crippen LogP contribution in [0.3, 0.4) is 0 Å². The van der Waals surface area contributed by atoms with Crippen LogP contribution in [0.2, 0.25) is 5.15 Å². The van der Waals surface area contributed by atoms with E-state index in [1.807, 2.05) is 0 Å². The number of hydrogen-bond donors (Lipinski definition) is 1. The molecule has 0 bridgehead atoms. The van der Waals surface area contributed by atoms with Crippen molar-refractivity contribution in [3.05, 3.63) is 22.7 Å². The summed E-state index contributed by atoms with van der Waals surface area (Å²) in [5, 5.41) is 3.14. The maximum atomic E-state index is 11.5. The van der Waals surface area contributed by atoms with E-state index in [0.29, 0.717) is 22.7 Å². The van der Waals surface area contributed by atoms with Crippen LogP contribution in [0.15, 0.2) is 6.07 Å². The first-order chi connectivity index (χ1) is 6.65. The maximum Gasteiger partial charge on any atom is 0.270 e. The fourth-order valence-electron chi connectivity index (χ4n) is 1.13. The molecule has 1 aromatic rings. The number of rotatable bonds is 2. The zero-order valence-corrected chi connectivity index (χ0v) is 8.51. The van der Waals surface area contributed by atoms with Gasteiger partial charge in [-0.15, -0.1) is 0 Å². The van der Waals surface area contributed by atoms with E-state index in [-0.39, 0.29) is 5.91 Å². The van der Waals surface area contributed by atoms with Gasteiger partial charge in [-0.1, -0.05) is 11.6 Å². The summed E-state index contributed by atoms with van der Waals surface area (Å²) < 4.78 is 0. The molecule has 2 rings (SSSR count). The summed E-state index contributed by atoms with van der Waals surface area (Å²) in [5.74, 6) is 0.346. The van der Waals surface area contributed by atoms with Gasteiger partial charge in [0.05, 0.1) is 0 Å². The van der Waals surface area contributed by atoms with Crippen molar-refractivity contribution in [1.29, 1.82) is 0 Å². The number of carbonyl (C=O) groups excluding carboxylic acids is 1. The van der Waals surface area contributed by atoms with E-state index in [2.05, 4.69) is 15.3 Å². The Morgan fingerprint density at radius 3 is 2.86 bits per heavy atom. The minimum Gasteiger partial charge on any atom is -0.348 e. The summed E-state index contributed by atoms with van der Waals surface area (Å²) in [6.45, 7) is 1.71. The quantitative estimate of drug-likeness (QED) is 0.751. The zero-order chi connectivity index (χ0) is 10.1. The number of aromatic nitrogens is 2. The third kappa shape index (κ3) is 2.20. The van der Waals surface area contributed by atoms with Crippen molar-refractivity contribution in [2.45, 2.75) is 25.8 Å². The average molecular weight is 212 g/mol. The van der Waals surface area contributed by atoms with Crippen molar-refractivity contribution in [2.24, 2.45) is 0 Å². The zero-order valence-electron chi connectivity index (χ0n) is 7.75. The van der Waals surface area contributed by atoms with E-state index in [4.69, 9.17) is 11.6 Å².